The second-order valence-electron chi connectivity index (χ2n) is 7.91. The van der Waals surface area contributed by atoms with E-state index < -0.39 is 28.5 Å². The van der Waals surface area contributed by atoms with Crippen molar-refractivity contribution in [1.82, 2.24) is 10.2 Å². The molecule has 34 heavy (non-hydrogen) atoms. The number of amides is 2. The van der Waals surface area contributed by atoms with Gasteiger partial charge in [0.25, 0.3) is 10.0 Å². The predicted molar refractivity (Wildman–Crippen MR) is 133 cm³/mol. The van der Waals surface area contributed by atoms with E-state index in [4.69, 9.17) is 0 Å². The van der Waals surface area contributed by atoms with Gasteiger partial charge >= 0.3 is 0 Å². The second kappa shape index (κ2) is 11.0. The van der Waals surface area contributed by atoms with E-state index in [0.29, 0.717) is 11.3 Å². The Kier molecular flexibility index (Phi) is 8.07. The lowest BCUT2D eigenvalue weighted by Gasteiger charge is -2.32. The summed E-state index contributed by atoms with van der Waals surface area (Å²) in [5, 5.41) is 2.57. The van der Waals surface area contributed by atoms with E-state index in [1.165, 1.54) is 24.1 Å². The van der Waals surface area contributed by atoms with Gasteiger partial charge in [0, 0.05) is 13.6 Å². The maximum atomic E-state index is 13.6. The second-order valence-corrected chi connectivity index (χ2v) is 9.77. The number of sulfonamides is 1. The van der Waals surface area contributed by atoms with E-state index in [9.17, 15) is 18.0 Å². The van der Waals surface area contributed by atoms with Crippen LogP contribution in [0.3, 0.4) is 0 Å². The van der Waals surface area contributed by atoms with Gasteiger partial charge in [0.1, 0.15) is 12.6 Å². The monoisotopic (exact) mass is 479 g/mol. The van der Waals surface area contributed by atoms with Crippen molar-refractivity contribution in [1.29, 1.82) is 0 Å². The van der Waals surface area contributed by atoms with Crippen molar-refractivity contribution in [2.45, 2.75) is 31.3 Å². The molecule has 0 aliphatic carbocycles. The van der Waals surface area contributed by atoms with Crippen molar-refractivity contribution in [3.05, 3.63) is 96.1 Å². The Bertz CT molecular complexity index is 1230. The fraction of sp³-hybridized carbons (Fsp3) is 0.231. The van der Waals surface area contributed by atoms with Gasteiger partial charge in [0.05, 0.1) is 10.6 Å². The van der Waals surface area contributed by atoms with E-state index in [2.05, 4.69) is 5.32 Å². The van der Waals surface area contributed by atoms with Crippen LogP contribution in [-0.2, 0) is 26.2 Å². The maximum absolute atomic E-state index is 13.6. The summed E-state index contributed by atoms with van der Waals surface area (Å²) in [6.45, 7) is 3.14. The Morgan fingerprint density at radius 3 is 2.03 bits per heavy atom. The number of anilines is 1. The molecular formula is C26H29N3O4S. The third kappa shape index (κ3) is 5.63. The number of hydrogen-bond donors (Lipinski definition) is 1. The van der Waals surface area contributed by atoms with Crippen molar-refractivity contribution in [3.8, 4) is 0 Å². The highest BCUT2D eigenvalue weighted by Gasteiger charge is 2.32. The molecule has 0 aliphatic heterocycles. The standard InChI is InChI=1S/C26H29N3O4S/c1-20-12-10-11-17-24(20)29(34(32,33)23-15-8-5-9-16-23)19-25(30)28(21(2)26(31)27-3)18-22-13-6-4-7-14-22/h4-17,21H,18-19H2,1-3H3,(H,27,31)/t21-/m0/s1. The molecule has 3 aromatic rings. The number of rotatable bonds is 9. The molecule has 3 aromatic carbocycles. The van der Waals surface area contributed by atoms with Gasteiger partial charge in [-0.2, -0.15) is 0 Å². The lowest BCUT2D eigenvalue weighted by Crippen LogP contribution is -2.50. The highest BCUT2D eigenvalue weighted by molar-refractivity contribution is 7.92. The van der Waals surface area contributed by atoms with Crippen LogP contribution in [0.2, 0.25) is 0 Å². The Morgan fingerprint density at radius 2 is 1.44 bits per heavy atom. The molecule has 2 amide bonds. The molecule has 0 aliphatic rings. The first-order valence-corrected chi connectivity index (χ1v) is 12.4. The number of hydrogen-bond acceptors (Lipinski definition) is 4. The van der Waals surface area contributed by atoms with Gasteiger partial charge in [-0.3, -0.25) is 13.9 Å². The van der Waals surface area contributed by atoms with Crippen molar-refractivity contribution >= 4 is 27.5 Å². The summed E-state index contributed by atoms with van der Waals surface area (Å²) in [6.07, 6.45) is 0. The van der Waals surface area contributed by atoms with Crippen LogP contribution in [0.4, 0.5) is 5.69 Å². The van der Waals surface area contributed by atoms with Crippen molar-refractivity contribution in [2.24, 2.45) is 0 Å². The van der Waals surface area contributed by atoms with Crippen LogP contribution in [0.15, 0.2) is 89.8 Å². The molecule has 0 saturated heterocycles. The van der Waals surface area contributed by atoms with Gasteiger partial charge in [-0.1, -0.05) is 66.7 Å². The third-order valence-corrected chi connectivity index (χ3v) is 7.38. The summed E-state index contributed by atoms with van der Waals surface area (Å²) >= 11 is 0. The minimum atomic E-state index is -4.04. The fourth-order valence-electron chi connectivity index (χ4n) is 3.65. The minimum absolute atomic E-state index is 0.0833. The zero-order valence-electron chi connectivity index (χ0n) is 19.5. The van der Waals surface area contributed by atoms with Crippen LogP contribution < -0.4 is 9.62 Å². The van der Waals surface area contributed by atoms with Crippen molar-refractivity contribution < 1.29 is 18.0 Å². The van der Waals surface area contributed by atoms with Crippen LogP contribution in [0.1, 0.15) is 18.1 Å². The summed E-state index contributed by atoms with van der Waals surface area (Å²) in [7, 11) is -2.54. The largest absolute Gasteiger partial charge is 0.357 e. The number of nitrogens with zero attached hydrogens (tertiary/aromatic N) is 2. The highest BCUT2D eigenvalue weighted by atomic mass is 32.2. The third-order valence-electron chi connectivity index (χ3n) is 5.60. The van der Waals surface area contributed by atoms with Gasteiger partial charge in [0.2, 0.25) is 11.8 Å². The molecule has 0 radical (unpaired) electrons. The number of carbonyl (C=O) groups excluding carboxylic acids is 2. The van der Waals surface area contributed by atoms with Crippen LogP contribution in [0.5, 0.6) is 0 Å². The van der Waals surface area contributed by atoms with E-state index in [0.717, 1.165) is 9.87 Å². The van der Waals surface area contributed by atoms with Gasteiger partial charge in [0.15, 0.2) is 0 Å². The molecule has 0 saturated carbocycles. The number of carbonyl (C=O) groups is 2. The number of nitrogens with one attached hydrogen (secondary N) is 1. The molecule has 1 atom stereocenters. The lowest BCUT2D eigenvalue weighted by atomic mass is 10.1. The minimum Gasteiger partial charge on any atom is -0.357 e. The molecule has 0 spiro atoms. The zero-order valence-corrected chi connectivity index (χ0v) is 20.3. The van der Waals surface area contributed by atoms with Crippen molar-refractivity contribution in [2.75, 3.05) is 17.9 Å². The summed E-state index contributed by atoms with van der Waals surface area (Å²) < 4.78 is 28.4. The van der Waals surface area contributed by atoms with Crippen LogP contribution >= 0.6 is 0 Å². The Labute approximate surface area is 201 Å². The Balaban J connectivity index is 2.03. The normalized spacial score (nSPS) is 12.0. The molecule has 0 fully saturated rings. The van der Waals surface area contributed by atoms with Gasteiger partial charge in [-0.05, 0) is 43.2 Å². The van der Waals surface area contributed by atoms with E-state index in [1.807, 2.05) is 36.4 Å². The average molecular weight is 480 g/mol. The summed E-state index contributed by atoms with van der Waals surface area (Å²) in [4.78, 5) is 27.5. The number of aryl methyl sites for hydroxylation is 1. The van der Waals surface area contributed by atoms with Crippen LogP contribution in [0.25, 0.3) is 0 Å². The molecule has 7 nitrogen and oxygen atoms in total. The van der Waals surface area contributed by atoms with Crippen LogP contribution in [-0.4, -0.2) is 44.8 Å². The first kappa shape index (κ1) is 25.0. The first-order valence-electron chi connectivity index (χ1n) is 10.9. The van der Waals surface area contributed by atoms with Gasteiger partial charge < -0.3 is 10.2 Å². The topological polar surface area (TPSA) is 86.8 Å². The summed E-state index contributed by atoms with van der Waals surface area (Å²) in [5.74, 6) is -0.819. The molecule has 3 rings (SSSR count). The Hall–Kier alpha value is -3.65. The number of para-hydroxylation sites is 1. The molecule has 0 bridgehead atoms. The summed E-state index contributed by atoms with van der Waals surface area (Å²) in [5.41, 5.74) is 1.95. The molecular weight excluding hydrogens is 450 g/mol. The van der Waals surface area contributed by atoms with E-state index in [-0.39, 0.29) is 17.3 Å². The SMILES string of the molecule is CNC(=O)[C@H](C)N(Cc1ccccc1)C(=O)CN(c1ccccc1C)S(=O)(=O)c1ccccc1. The highest BCUT2D eigenvalue weighted by Crippen LogP contribution is 2.27. The quantitative estimate of drug-likeness (QED) is 0.510. The molecule has 0 unspecified atom stereocenters. The zero-order chi connectivity index (χ0) is 24.7. The van der Waals surface area contributed by atoms with E-state index in [1.54, 1.807) is 50.2 Å². The van der Waals surface area contributed by atoms with Gasteiger partial charge in [-0.15, -0.1) is 0 Å². The summed E-state index contributed by atoms with van der Waals surface area (Å²) in [6, 6.07) is 23.5. The molecule has 0 heterocycles. The van der Waals surface area contributed by atoms with E-state index >= 15 is 0 Å². The predicted octanol–water partition coefficient (Wildman–Crippen LogP) is 3.35. The maximum Gasteiger partial charge on any atom is 0.264 e. The van der Waals surface area contributed by atoms with Gasteiger partial charge in [-0.25, -0.2) is 8.42 Å². The molecule has 1 N–H and O–H groups in total. The molecule has 8 heteroatoms. The molecule has 0 aromatic heterocycles. The smallest absolute Gasteiger partial charge is 0.264 e. The first-order chi connectivity index (χ1) is 16.3. The number of benzene rings is 3. The lowest BCUT2D eigenvalue weighted by molar-refractivity contribution is -0.139. The fourth-order valence-corrected chi connectivity index (χ4v) is 5.15. The van der Waals surface area contributed by atoms with Crippen LogP contribution in [0, 0.1) is 6.92 Å². The average Bonchev–Trinajstić information content (AvgIpc) is 2.86. The molecule has 178 valence electrons. The van der Waals surface area contributed by atoms with Crippen molar-refractivity contribution in [3.63, 3.8) is 0 Å². The number of likely N-dealkylation sites (N-methyl/N-ethyl adjacent to an activating group) is 1. The Morgan fingerprint density at radius 1 is 0.882 bits per heavy atom.